The number of hydrogen-bond donors (Lipinski definition) is 0. The van der Waals surface area contributed by atoms with Crippen molar-refractivity contribution in [1.82, 2.24) is 0 Å². The molecule has 0 heterocycles. The van der Waals surface area contributed by atoms with E-state index < -0.39 is 0 Å². The Bertz CT molecular complexity index is 823. The minimum Gasteiger partial charge on any atom is -0.193 e. The molecule has 0 fully saturated rings. The zero-order valence-electron chi connectivity index (χ0n) is 14.1. The number of thioether (sulfide) groups is 1. The minimum atomic E-state index is 0.164. The monoisotopic (exact) mass is 331 g/mol. The number of benzene rings is 2. The first-order chi connectivity index (χ1) is 11.6. The van der Waals surface area contributed by atoms with E-state index in [0.717, 1.165) is 12.8 Å². The Kier molecular flexibility index (Phi) is 4.92. The molecule has 0 N–H and O–H groups in total. The third-order valence-corrected chi connectivity index (χ3v) is 5.51. The molecule has 2 aromatic rings. The number of rotatable bonds is 4. The molecule has 2 heteroatoms. The molecule has 120 valence electrons. The second kappa shape index (κ2) is 7.11. The van der Waals surface area contributed by atoms with Gasteiger partial charge in [0, 0.05) is 15.9 Å². The molecule has 0 bridgehead atoms. The smallest absolute Gasteiger partial charge is 0.0908 e. The molecule has 0 saturated heterocycles. The molecule has 0 atom stereocenters. The Morgan fingerprint density at radius 2 is 1.96 bits per heavy atom. The van der Waals surface area contributed by atoms with Gasteiger partial charge in [-0.1, -0.05) is 74.2 Å². The van der Waals surface area contributed by atoms with E-state index in [1.54, 1.807) is 6.08 Å². The van der Waals surface area contributed by atoms with Crippen LogP contribution in [0.15, 0.2) is 71.7 Å². The van der Waals surface area contributed by atoms with Crippen LogP contribution in [0.5, 0.6) is 0 Å². The molecular weight excluding hydrogens is 310 g/mol. The summed E-state index contributed by atoms with van der Waals surface area (Å²) >= 11 is 1.84. The maximum absolute atomic E-state index is 8.66. The molecule has 1 nitrogen and oxygen atoms in total. The van der Waals surface area contributed by atoms with Gasteiger partial charge in [-0.3, -0.25) is 0 Å². The number of allylic oxidation sites excluding steroid dienone is 3. The molecule has 0 amide bonds. The zero-order valence-corrected chi connectivity index (χ0v) is 14.9. The largest absolute Gasteiger partial charge is 0.193 e. The summed E-state index contributed by atoms with van der Waals surface area (Å²) in [6.45, 7) is 4.61. The number of fused-ring (bicyclic) bond motifs is 1. The number of hydrogen-bond acceptors (Lipinski definition) is 2. The molecule has 3 rings (SSSR count). The van der Waals surface area contributed by atoms with Gasteiger partial charge in [-0.25, -0.2) is 0 Å². The lowest BCUT2D eigenvalue weighted by atomic mass is 9.75. The van der Waals surface area contributed by atoms with Gasteiger partial charge >= 0.3 is 0 Å². The molecule has 0 saturated carbocycles. The third kappa shape index (κ3) is 3.63. The second-order valence-electron chi connectivity index (χ2n) is 6.69. The summed E-state index contributed by atoms with van der Waals surface area (Å²) in [6, 6.07) is 19.3. The van der Waals surface area contributed by atoms with Crippen molar-refractivity contribution in [3.05, 3.63) is 83.4 Å². The molecule has 0 unspecified atom stereocenters. The molecule has 0 aromatic heterocycles. The third-order valence-electron chi connectivity index (χ3n) is 4.39. The van der Waals surface area contributed by atoms with Crippen LogP contribution in [0.1, 0.15) is 37.0 Å². The highest BCUT2D eigenvalue weighted by atomic mass is 32.2. The topological polar surface area (TPSA) is 23.8 Å². The lowest BCUT2D eigenvalue weighted by Crippen LogP contribution is -2.21. The van der Waals surface area contributed by atoms with Crippen LogP contribution in [0.3, 0.4) is 0 Å². The van der Waals surface area contributed by atoms with Crippen molar-refractivity contribution < 1.29 is 0 Å². The van der Waals surface area contributed by atoms with Gasteiger partial charge in [0.1, 0.15) is 0 Å². The first-order valence-corrected chi connectivity index (χ1v) is 9.03. The predicted octanol–water partition coefficient (Wildman–Crippen LogP) is 6.12. The second-order valence-corrected chi connectivity index (χ2v) is 7.80. The predicted molar refractivity (Wildman–Crippen MR) is 103 cm³/mol. The Morgan fingerprint density at radius 1 is 1.17 bits per heavy atom. The Balaban J connectivity index is 1.96. The van der Waals surface area contributed by atoms with Gasteiger partial charge in [0.25, 0.3) is 0 Å². The molecule has 2 aromatic carbocycles. The Morgan fingerprint density at radius 3 is 2.71 bits per heavy atom. The SMILES string of the molecule is CC1(C)CC=C(Sc2ccccc2)c2cc(C/C=C/C#N)ccc21. The lowest BCUT2D eigenvalue weighted by molar-refractivity contribution is 0.528. The first-order valence-electron chi connectivity index (χ1n) is 8.21. The normalized spacial score (nSPS) is 15.6. The van der Waals surface area contributed by atoms with Crippen molar-refractivity contribution in [2.75, 3.05) is 0 Å². The van der Waals surface area contributed by atoms with Crippen LogP contribution in [-0.2, 0) is 11.8 Å². The van der Waals surface area contributed by atoms with E-state index in [4.69, 9.17) is 5.26 Å². The van der Waals surface area contributed by atoms with E-state index >= 15 is 0 Å². The summed E-state index contributed by atoms with van der Waals surface area (Å²) in [4.78, 5) is 2.60. The van der Waals surface area contributed by atoms with Gasteiger partial charge in [-0.05, 0) is 47.1 Å². The van der Waals surface area contributed by atoms with E-state index in [-0.39, 0.29) is 5.41 Å². The molecule has 0 aliphatic heterocycles. The fourth-order valence-corrected chi connectivity index (χ4v) is 4.03. The quantitative estimate of drug-likeness (QED) is 0.630. The summed E-state index contributed by atoms with van der Waals surface area (Å²) in [5.41, 5.74) is 4.16. The van der Waals surface area contributed by atoms with Crippen molar-refractivity contribution >= 4 is 16.7 Å². The van der Waals surface area contributed by atoms with Gasteiger partial charge in [0.15, 0.2) is 0 Å². The van der Waals surface area contributed by atoms with Gasteiger partial charge in [0.05, 0.1) is 6.07 Å². The van der Waals surface area contributed by atoms with Crippen molar-refractivity contribution in [1.29, 1.82) is 5.26 Å². The summed E-state index contributed by atoms with van der Waals surface area (Å²) in [6.07, 6.45) is 7.70. The minimum absolute atomic E-state index is 0.164. The Hall–Kier alpha value is -2.24. The molecule has 0 spiro atoms. The first kappa shape index (κ1) is 16.6. The molecule has 24 heavy (non-hydrogen) atoms. The zero-order chi connectivity index (χ0) is 17.0. The Labute approximate surface area is 148 Å². The number of nitriles is 1. The van der Waals surface area contributed by atoms with Crippen molar-refractivity contribution in [3.63, 3.8) is 0 Å². The lowest BCUT2D eigenvalue weighted by Gasteiger charge is -2.32. The van der Waals surface area contributed by atoms with Gasteiger partial charge in [0.2, 0.25) is 0 Å². The summed E-state index contributed by atoms with van der Waals surface area (Å²) in [7, 11) is 0. The summed E-state index contributed by atoms with van der Waals surface area (Å²) < 4.78 is 0. The maximum Gasteiger partial charge on any atom is 0.0908 e. The van der Waals surface area contributed by atoms with E-state index in [0.29, 0.717) is 0 Å². The summed E-state index contributed by atoms with van der Waals surface area (Å²) in [5, 5.41) is 8.66. The van der Waals surface area contributed by atoms with Crippen LogP contribution in [0, 0.1) is 11.3 Å². The van der Waals surface area contributed by atoms with E-state index in [1.165, 1.54) is 26.5 Å². The highest BCUT2D eigenvalue weighted by Crippen LogP contribution is 2.45. The van der Waals surface area contributed by atoms with Crippen molar-refractivity contribution in [2.45, 2.75) is 37.0 Å². The van der Waals surface area contributed by atoms with Crippen molar-refractivity contribution in [2.24, 2.45) is 0 Å². The van der Waals surface area contributed by atoms with Crippen molar-refractivity contribution in [3.8, 4) is 6.07 Å². The average Bonchev–Trinajstić information content (AvgIpc) is 2.59. The van der Waals surface area contributed by atoms with Crippen LogP contribution >= 0.6 is 11.8 Å². The van der Waals surface area contributed by atoms with Gasteiger partial charge in [-0.2, -0.15) is 5.26 Å². The van der Waals surface area contributed by atoms with Crippen LogP contribution in [0.25, 0.3) is 4.91 Å². The molecule has 1 aliphatic rings. The standard InChI is InChI=1S/C22H21NS/c1-22(2)14-13-21(24-18-9-4-3-5-10-18)19-16-17(8-6-7-15-23)11-12-20(19)22/h3-7,9-13,16H,8,14H2,1-2H3/b7-6+. The van der Waals surface area contributed by atoms with E-state index in [1.807, 2.05) is 17.8 Å². The highest BCUT2D eigenvalue weighted by molar-refractivity contribution is 8.08. The fourth-order valence-electron chi connectivity index (χ4n) is 3.04. The molecular formula is C22H21NS. The summed E-state index contributed by atoms with van der Waals surface area (Å²) in [5.74, 6) is 0. The molecule has 1 aliphatic carbocycles. The fraction of sp³-hybridized carbons (Fsp3) is 0.227. The van der Waals surface area contributed by atoms with Gasteiger partial charge < -0.3 is 0 Å². The van der Waals surface area contributed by atoms with Crippen LogP contribution in [0.4, 0.5) is 0 Å². The molecule has 0 radical (unpaired) electrons. The maximum atomic E-state index is 8.66. The van der Waals surface area contributed by atoms with Crippen LogP contribution in [-0.4, -0.2) is 0 Å². The average molecular weight is 331 g/mol. The van der Waals surface area contributed by atoms with Gasteiger partial charge in [-0.15, -0.1) is 0 Å². The number of nitrogens with zero attached hydrogens (tertiary/aromatic N) is 1. The van der Waals surface area contributed by atoms with E-state index in [2.05, 4.69) is 74.5 Å². The van der Waals surface area contributed by atoms with E-state index in [9.17, 15) is 0 Å². The van der Waals surface area contributed by atoms with Crippen LogP contribution in [0.2, 0.25) is 0 Å². The van der Waals surface area contributed by atoms with Crippen LogP contribution < -0.4 is 0 Å². The highest BCUT2D eigenvalue weighted by Gasteiger charge is 2.28.